The summed E-state index contributed by atoms with van der Waals surface area (Å²) < 4.78 is 2.93. The molecule has 4 bridgehead atoms. The molecule has 0 N–H and O–H groups in total. The van der Waals surface area contributed by atoms with Gasteiger partial charge in [0.15, 0.2) is 0 Å². The Labute approximate surface area is 507 Å². The van der Waals surface area contributed by atoms with Crippen LogP contribution in [0, 0.1) is 23.7 Å². The third kappa shape index (κ3) is 7.28. The van der Waals surface area contributed by atoms with Crippen molar-refractivity contribution in [3.63, 3.8) is 0 Å². The molecule has 426 valence electrons. The molecule has 7 aromatic carbocycles. The molecule has 0 unspecified atom stereocenters. The maximum Gasteiger partial charge on any atom is 0.264 e. The molecule has 1 aromatic heterocycles. The van der Waals surface area contributed by atoms with E-state index in [9.17, 15) is 0 Å². The summed E-state index contributed by atoms with van der Waals surface area (Å²) in [5, 5.41) is 1.42. The van der Waals surface area contributed by atoms with E-state index in [0.717, 1.165) is 11.8 Å². The van der Waals surface area contributed by atoms with Crippen LogP contribution in [0.5, 0.6) is 0 Å². The van der Waals surface area contributed by atoms with Crippen LogP contribution in [0.4, 0.5) is 34.1 Å². The molecular formula is C80H87BN2S. The third-order valence-electron chi connectivity index (χ3n) is 24.7. The molecule has 0 saturated heterocycles. The van der Waals surface area contributed by atoms with Crippen molar-refractivity contribution in [2.45, 2.75) is 204 Å². The fourth-order valence-electron chi connectivity index (χ4n) is 20.2. The molecule has 0 atom stereocenters. The summed E-state index contributed by atoms with van der Waals surface area (Å²) in [7, 11) is 0. The monoisotopic (exact) mass is 1120 g/mol. The van der Waals surface area contributed by atoms with Gasteiger partial charge < -0.3 is 9.80 Å². The summed E-state index contributed by atoms with van der Waals surface area (Å²) in [6.45, 7) is 27.3. The van der Waals surface area contributed by atoms with Crippen LogP contribution in [-0.2, 0) is 32.5 Å². The molecule has 8 aromatic rings. The van der Waals surface area contributed by atoms with Crippen molar-refractivity contribution >= 4 is 78.0 Å². The van der Waals surface area contributed by atoms with E-state index in [2.05, 4.69) is 225 Å². The zero-order valence-electron chi connectivity index (χ0n) is 52.3. The van der Waals surface area contributed by atoms with Gasteiger partial charge in [-0.2, -0.15) is 0 Å². The van der Waals surface area contributed by atoms with E-state index in [4.69, 9.17) is 0 Å². The van der Waals surface area contributed by atoms with E-state index in [1.165, 1.54) is 189 Å². The van der Waals surface area contributed by atoms with Gasteiger partial charge in [0.25, 0.3) is 6.71 Å². The van der Waals surface area contributed by atoms with Gasteiger partial charge >= 0.3 is 0 Å². The molecule has 0 amide bonds. The van der Waals surface area contributed by atoms with Gasteiger partial charge in [-0.05, 0) is 248 Å². The van der Waals surface area contributed by atoms with Gasteiger partial charge in [-0.15, -0.1) is 11.3 Å². The molecule has 4 heteroatoms. The highest BCUT2D eigenvalue weighted by molar-refractivity contribution is 7.33. The summed E-state index contributed by atoms with van der Waals surface area (Å²) in [4.78, 5) is 5.63. The Morgan fingerprint density at radius 1 is 0.500 bits per heavy atom. The Balaban J connectivity index is 0.940. The highest BCUT2D eigenvalue weighted by atomic mass is 32.1. The van der Waals surface area contributed by atoms with Crippen molar-refractivity contribution in [2.75, 3.05) is 9.80 Å². The number of thiophene rings is 1. The first-order valence-electron chi connectivity index (χ1n) is 33.2. The van der Waals surface area contributed by atoms with E-state index in [1.807, 2.05) is 0 Å². The molecule has 2 aliphatic heterocycles. The van der Waals surface area contributed by atoms with Gasteiger partial charge in [0.05, 0.1) is 11.4 Å². The largest absolute Gasteiger partial charge is 0.311 e. The summed E-state index contributed by atoms with van der Waals surface area (Å²) in [5.41, 5.74) is 29.5. The van der Waals surface area contributed by atoms with E-state index < -0.39 is 0 Å². The summed E-state index contributed by atoms with van der Waals surface area (Å²) in [5.74, 6) is 3.81. The summed E-state index contributed by atoms with van der Waals surface area (Å²) >= 11 is 2.11. The van der Waals surface area contributed by atoms with Gasteiger partial charge in [0.2, 0.25) is 0 Å². The quantitative estimate of drug-likeness (QED) is 0.162. The number of hydrogen-bond acceptors (Lipinski definition) is 3. The van der Waals surface area contributed by atoms with Crippen molar-refractivity contribution < 1.29 is 0 Å². The molecule has 5 saturated carbocycles. The molecular weight excluding hydrogens is 1030 g/mol. The van der Waals surface area contributed by atoms with Gasteiger partial charge in [-0.1, -0.05) is 174 Å². The topological polar surface area (TPSA) is 6.48 Å². The first kappa shape index (κ1) is 52.5. The van der Waals surface area contributed by atoms with Gasteiger partial charge in [0, 0.05) is 48.6 Å². The maximum atomic E-state index is 2.84. The lowest BCUT2D eigenvalue weighted by atomic mass is 9.36. The molecule has 18 rings (SSSR count). The zero-order valence-corrected chi connectivity index (χ0v) is 53.1. The van der Waals surface area contributed by atoms with Crippen LogP contribution in [0.1, 0.15) is 216 Å². The van der Waals surface area contributed by atoms with Crippen LogP contribution < -0.4 is 25.5 Å². The van der Waals surface area contributed by atoms with Crippen LogP contribution in [0.25, 0.3) is 32.3 Å². The Morgan fingerprint density at radius 3 is 1.79 bits per heavy atom. The Morgan fingerprint density at radius 2 is 1.11 bits per heavy atom. The van der Waals surface area contributed by atoms with Crippen molar-refractivity contribution in [3.8, 4) is 22.3 Å². The Kier molecular flexibility index (Phi) is 11.0. The second-order valence-electron chi connectivity index (χ2n) is 32.4. The van der Waals surface area contributed by atoms with E-state index in [0.29, 0.717) is 17.8 Å². The number of nitrogens with zero attached hydrogens (tertiary/aromatic N) is 2. The average Bonchev–Trinajstić information content (AvgIpc) is 1.50. The van der Waals surface area contributed by atoms with E-state index >= 15 is 0 Å². The number of benzene rings is 7. The number of fused-ring (bicyclic) bond motifs is 11. The molecule has 10 aliphatic rings. The van der Waals surface area contributed by atoms with E-state index in [1.54, 1.807) is 27.8 Å². The first-order chi connectivity index (χ1) is 40.2. The van der Waals surface area contributed by atoms with Crippen LogP contribution in [0.2, 0.25) is 0 Å². The highest BCUT2D eigenvalue weighted by Gasteiger charge is 2.62. The molecule has 3 heterocycles. The standard InChI is InChI=1S/C80H87BN2S/c1-75(2,3)53-43-68-72-69(44-53)83(67-23-17-22-61-71(67)57-20-15-16-21-59(57)80(61)54-37-47-36-48(39-54)40-55(80)38-47)66-31-27-52(49-18-13-12-14-19-49)42-65(66)81(72)74-73(58-45-63-64(46-70(58)84-74)79(10,11)35-34-78(63,8)9)82(68)56-28-24-50(25-29-56)51-26-30-60-62(41-51)77(6,7)33-32-76(60,4)5/h15-17,20-31,41-49,54-55H,12-14,18-19,32-40H2,1-11H3. The molecule has 8 aliphatic carbocycles. The second kappa shape index (κ2) is 17.7. The minimum absolute atomic E-state index is 0.0719. The van der Waals surface area contributed by atoms with Crippen molar-refractivity contribution in [2.24, 2.45) is 23.7 Å². The summed E-state index contributed by atoms with van der Waals surface area (Å²) in [6, 6.07) is 53.5. The van der Waals surface area contributed by atoms with Gasteiger partial charge in [-0.25, -0.2) is 0 Å². The van der Waals surface area contributed by atoms with Crippen LogP contribution in [0.15, 0.2) is 127 Å². The number of anilines is 6. The van der Waals surface area contributed by atoms with Crippen LogP contribution in [-0.4, -0.2) is 6.71 Å². The molecule has 1 spiro atoms. The predicted octanol–water partition coefficient (Wildman–Crippen LogP) is 20.4. The smallest absolute Gasteiger partial charge is 0.264 e. The number of rotatable bonds is 4. The minimum Gasteiger partial charge on any atom is -0.311 e. The Bertz CT molecular complexity index is 4060. The third-order valence-corrected chi connectivity index (χ3v) is 25.9. The minimum atomic E-state index is -0.122. The first-order valence-corrected chi connectivity index (χ1v) is 34.0. The van der Waals surface area contributed by atoms with Crippen LogP contribution >= 0.6 is 11.3 Å². The number of hydrogen-bond donors (Lipinski definition) is 0. The SMILES string of the molecule is CC(C)(C)c1cc2c3c(c1)N(c1ccc(-c4ccc5c(c4)C(C)(C)CCC5(C)C)cc1)c1c(sc4cc5c(cc14)C(C)(C)CCC5(C)C)B3c1cc(C3CCCCC3)ccc1N2c1cccc2c1-c1ccccc1C21C2CC3CC(C2)CC1C3. The zero-order chi connectivity index (χ0) is 57.4. The van der Waals surface area contributed by atoms with Crippen molar-refractivity contribution in [3.05, 3.63) is 172 Å². The van der Waals surface area contributed by atoms with Gasteiger partial charge in [0.1, 0.15) is 0 Å². The van der Waals surface area contributed by atoms with Crippen LogP contribution in [0.3, 0.4) is 0 Å². The molecule has 84 heavy (non-hydrogen) atoms. The average molecular weight is 1120 g/mol. The fourth-order valence-corrected chi connectivity index (χ4v) is 21.5. The lowest BCUT2D eigenvalue weighted by Crippen LogP contribution is -2.60. The maximum absolute atomic E-state index is 2.84. The summed E-state index contributed by atoms with van der Waals surface area (Å²) in [6.07, 6.45) is 18.5. The predicted molar refractivity (Wildman–Crippen MR) is 360 cm³/mol. The van der Waals surface area contributed by atoms with Crippen molar-refractivity contribution in [1.29, 1.82) is 0 Å². The molecule has 5 fully saturated rings. The van der Waals surface area contributed by atoms with Crippen molar-refractivity contribution in [1.82, 2.24) is 0 Å². The highest BCUT2D eigenvalue weighted by Crippen LogP contribution is 2.71. The normalized spacial score (nSPS) is 25.9. The second-order valence-corrected chi connectivity index (χ2v) is 33.5. The lowest BCUT2D eigenvalue weighted by molar-refractivity contribution is -0.0399. The van der Waals surface area contributed by atoms with E-state index in [-0.39, 0.29) is 39.2 Å². The lowest BCUT2D eigenvalue weighted by Gasteiger charge is -2.61. The Hall–Kier alpha value is -5.84. The fraction of sp³-hybridized carbons (Fsp3) is 0.450. The van der Waals surface area contributed by atoms with Gasteiger partial charge in [-0.3, -0.25) is 0 Å². The molecule has 0 radical (unpaired) electrons. The molecule has 2 nitrogen and oxygen atoms in total.